The van der Waals surface area contributed by atoms with E-state index in [1.807, 2.05) is 39.0 Å². The van der Waals surface area contributed by atoms with Crippen molar-refractivity contribution < 1.29 is 14.5 Å². The maximum atomic E-state index is 13.1. The molecule has 2 aromatic rings. The van der Waals surface area contributed by atoms with Crippen LogP contribution in [0.4, 0.5) is 27.8 Å². The Morgan fingerprint density at radius 2 is 1.80 bits per heavy atom. The lowest BCUT2D eigenvalue weighted by Gasteiger charge is -2.34. The standard InChI is InChI=1S/C22H28N4O4/c1-22(2,3)30-21(27)25(17-12-8-5-9-13-17)19-15-14-18(26(28)29)20(24-19)23-16-10-6-4-7-11-16/h4,6-7,10-11,14-15,17H,5,8-9,12-13H2,1-3H3,(H,23,24). The second-order valence-electron chi connectivity index (χ2n) is 8.43. The molecule has 0 radical (unpaired) electrons. The number of nitro groups is 1. The van der Waals surface area contributed by atoms with Crippen LogP contribution >= 0.6 is 0 Å². The molecule has 1 amide bonds. The number of amides is 1. The Morgan fingerprint density at radius 1 is 1.13 bits per heavy atom. The number of pyridine rings is 1. The maximum absolute atomic E-state index is 13.1. The average molecular weight is 412 g/mol. The molecule has 1 fully saturated rings. The van der Waals surface area contributed by atoms with Crippen LogP contribution in [0.25, 0.3) is 0 Å². The molecule has 0 atom stereocenters. The number of aromatic nitrogens is 1. The molecule has 30 heavy (non-hydrogen) atoms. The summed E-state index contributed by atoms with van der Waals surface area (Å²) in [6.07, 6.45) is 4.38. The fourth-order valence-electron chi connectivity index (χ4n) is 3.55. The second-order valence-corrected chi connectivity index (χ2v) is 8.43. The molecule has 8 nitrogen and oxygen atoms in total. The number of benzene rings is 1. The average Bonchev–Trinajstić information content (AvgIpc) is 2.68. The SMILES string of the molecule is CC(C)(C)OC(=O)N(c1ccc([N+](=O)[O-])c(Nc2ccccc2)n1)C1CCCCC1. The normalized spacial score (nSPS) is 14.8. The summed E-state index contributed by atoms with van der Waals surface area (Å²) in [6.45, 7) is 5.45. The van der Waals surface area contributed by atoms with Gasteiger partial charge < -0.3 is 10.1 Å². The van der Waals surface area contributed by atoms with Gasteiger partial charge in [0.25, 0.3) is 0 Å². The first-order chi connectivity index (χ1) is 14.2. The van der Waals surface area contributed by atoms with Crippen molar-refractivity contribution in [3.8, 4) is 0 Å². The Kier molecular flexibility index (Phi) is 6.54. The molecule has 1 aromatic carbocycles. The van der Waals surface area contributed by atoms with Gasteiger partial charge in [0.15, 0.2) is 0 Å². The molecule has 0 spiro atoms. The smallest absolute Gasteiger partial charge is 0.416 e. The number of carbonyl (C=O) groups excluding carboxylic acids is 1. The zero-order valence-electron chi connectivity index (χ0n) is 17.6. The maximum Gasteiger partial charge on any atom is 0.416 e. The third kappa shape index (κ3) is 5.46. The van der Waals surface area contributed by atoms with Crippen molar-refractivity contribution >= 4 is 29.1 Å². The topological polar surface area (TPSA) is 97.6 Å². The number of hydrogen-bond donors (Lipinski definition) is 1. The fraction of sp³-hybridized carbons (Fsp3) is 0.455. The zero-order chi connectivity index (χ0) is 21.7. The van der Waals surface area contributed by atoms with Crippen LogP contribution in [0.5, 0.6) is 0 Å². The number of hydrogen-bond acceptors (Lipinski definition) is 6. The lowest BCUT2D eigenvalue weighted by molar-refractivity contribution is -0.384. The van der Waals surface area contributed by atoms with Gasteiger partial charge in [-0.3, -0.25) is 15.0 Å². The van der Waals surface area contributed by atoms with Gasteiger partial charge >= 0.3 is 11.8 Å². The predicted molar refractivity (Wildman–Crippen MR) is 116 cm³/mol. The van der Waals surface area contributed by atoms with Gasteiger partial charge in [0.2, 0.25) is 5.82 Å². The van der Waals surface area contributed by atoms with Crippen molar-refractivity contribution in [1.82, 2.24) is 4.98 Å². The van der Waals surface area contributed by atoms with Gasteiger partial charge in [-0.05, 0) is 51.8 Å². The minimum atomic E-state index is -0.657. The molecule has 1 aliphatic carbocycles. The fourth-order valence-corrected chi connectivity index (χ4v) is 3.55. The van der Waals surface area contributed by atoms with Crippen molar-refractivity contribution in [1.29, 1.82) is 0 Å². The third-order valence-corrected chi connectivity index (χ3v) is 4.87. The van der Waals surface area contributed by atoms with E-state index in [0.717, 1.165) is 32.1 Å². The van der Waals surface area contributed by atoms with Gasteiger partial charge in [0, 0.05) is 17.8 Å². The molecule has 3 rings (SSSR count). The molecule has 160 valence electrons. The molecule has 1 heterocycles. The molecule has 1 aliphatic rings. The zero-order valence-corrected chi connectivity index (χ0v) is 17.6. The summed E-state index contributed by atoms with van der Waals surface area (Å²) in [5.74, 6) is 0.438. The minimum Gasteiger partial charge on any atom is -0.443 e. The summed E-state index contributed by atoms with van der Waals surface area (Å²) in [5, 5.41) is 14.5. The van der Waals surface area contributed by atoms with E-state index in [2.05, 4.69) is 10.3 Å². The second kappa shape index (κ2) is 9.11. The molecule has 1 N–H and O–H groups in total. The van der Waals surface area contributed by atoms with E-state index in [9.17, 15) is 14.9 Å². The lowest BCUT2D eigenvalue weighted by Crippen LogP contribution is -2.45. The van der Waals surface area contributed by atoms with Crippen LogP contribution in [-0.4, -0.2) is 27.6 Å². The van der Waals surface area contributed by atoms with E-state index in [-0.39, 0.29) is 17.5 Å². The van der Waals surface area contributed by atoms with Crippen LogP contribution in [0.15, 0.2) is 42.5 Å². The molecule has 0 unspecified atom stereocenters. The van der Waals surface area contributed by atoms with E-state index in [4.69, 9.17) is 4.74 Å². The molecule has 0 saturated heterocycles. The van der Waals surface area contributed by atoms with Crippen LogP contribution in [0.2, 0.25) is 0 Å². The molecule has 1 saturated carbocycles. The highest BCUT2D eigenvalue weighted by atomic mass is 16.6. The molecule has 0 aliphatic heterocycles. The molecular formula is C22H28N4O4. The van der Waals surface area contributed by atoms with Crippen molar-refractivity contribution in [2.24, 2.45) is 0 Å². The van der Waals surface area contributed by atoms with E-state index in [0.29, 0.717) is 11.5 Å². The van der Waals surface area contributed by atoms with Gasteiger partial charge in [-0.2, -0.15) is 0 Å². The largest absolute Gasteiger partial charge is 0.443 e. The van der Waals surface area contributed by atoms with Crippen LogP contribution in [0.3, 0.4) is 0 Å². The number of para-hydroxylation sites is 1. The summed E-state index contributed by atoms with van der Waals surface area (Å²) < 4.78 is 5.64. The van der Waals surface area contributed by atoms with Crippen LogP contribution in [0.1, 0.15) is 52.9 Å². The Morgan fingerprint density at radius 3 is 2.40 bits per heavy atom. The first kappa shape index (κ1) is 21.5. The number of nitrogens with one attached hydrogen (secondary N) is 1. The number of ether oxygens (including phenoxy) is 1. The Labute approximate surface area is 176 Å². The van der Waals surface area contributed by atoms with E-state index >= 15 is 0 Å². The monoisotopic (exact) mass is 412 g/mol. The van der Waals surface area contributed by atoms with Crippen molar-refractivity contribution in [3.05, 3.63) is 52.6 Å². The highest BCUT2D eigenvalue weighted by Crippen LogP contribution is 2.33. The number of carbonyl (C=O) groups is 1. The van der Waals surface area contributed by atoms with Crippen molar-refractivity contribution in [2.45, 2.75) is 64.5 Å². The van der Waals surface area contributed by atoms with Gasteiger partial charge in [-0.25, -0.2) is 9.78 Å². The van der Waals surface area contributed by atoms with Crippen LogP contribution in [-0.2, 0) is 4.74 Å². The Balaban J connectivity index is 2.00. The Hall–Kier alpha value is -3.16. The van der Waals surface area contributed by atoms with Crippen LogP contribution < -0.4 is 10.2 Å². The summed E-state index contributed by atoms with van der Waals surface area (Å²) in [4.78, 5) is 30.2. The van der Waals surface area contributed by atoms with Crippen molar-refractivity contribution in [2.75, 3.05) is 10.2 Å². The summed E-state index contributed by atoms with van der Waals surface area (Å²) in [5.41, 5.74) is -0.141. The first-order valence-electron chi connectivity index (χ1n) is 10.2. The number of rotatable bonds is 5. The molecule has 0 bridgehead atoms. The predicted octanol–water partition coefficient (Wildman–Crippen LogP) is 5.81. The van der Waals surface area contributed by atoms with Crippen molar-refractivity contribution in [3.63, 3.8) is 0 Å². The number of anilines is 3. The molecule has 8 heteroatoms. The quantitative estimate of drug-likeness (QED) is 0.492. The van der Waals surface area contributed by atoms with Gasteiger partial charge in [-0.1, -0.05) is 37.5 Å². The minimum absolute atomic E-state index is 0.0490. The van der Waals surface area contributed by atoms with Crippen LogP contribution in [0, 0.1) is 10.1 Å². The first-order valence-corrected chi connectivity index (χ1v) is 10.2. The van der Waals surface area contributed by atoms with Gasteiger partial charge in [0.1, 0.15) is 11.4 Å². The third-order valence-electron chi connectivity index (χ3n) is 4.87. The van der Waals surface area contributed by atoms with Gasteiger partial charge in [0.05, 0.1) is 4.92 Å². The summed E-state index contributed by atoms with van der Waals surface area (Å²) in [7, 11) is 0. The van der Waals surface area contributed by atoms with E-state index < -0.39 is 16.6 Å². The highest BCUT2D eigenvalue weighted by Gasteiger charge is 2.32. The van der Waals surface area contributed by atoms with Gasteiger partial charge in [-0.15, -0.1) is 0 Å². The lowest BCUT2D eigenvalue weighted by atomic mass is 9.94. The van der Waals surface area contributed by atoms with E-state index in [1.54, 1.807) is 17.0 Å². The number of nitrogens with zero attached hydrogens (tertiary/aromatic N) is 3. The Bertz CT molecular complexity index is 890. The summed E-state index contributed by atoms with van der Waals surface area (Å²) >= 11 is 0. The van der Waals surface area contributed by atoms with E-state index in [1.165, 1.54) is 12.1 Å². The molecular weight excluding hydrogens is 384 g/mol. The molecule has 1 aromatic heterocycles. The highest BCUT2D eigenvalue weighted by molar-refractivity contribution is 5.88. The summed E-state index contributed by atoms with van der Waals surface area (Å²) in [6, 6.07) is 12.0.